The molecule has 0 spiro atoms. The fourth-order valence-electron chi connectivity index (χ4n) is 5.36. The lowest BCUT2D eigenvalue weighted by Crippen LogP contribution is -2.49. The Hall–Kier alpha value is -4.77. The van der Waals surface area contributed by atoms with Gasteiger partial charge in [0.1, 0.15) is 21.2 Å². The van der Waals surface area contributed by atoms with Gasteiger partial charge in [-0.2, -0.15) is 0 Å². The van der Waals surface area contributed by atoms with E-state index >= 15 is 0 Å². The summed E-state index contributed by atoms with van der Waals surface area (Å²) < 4.78 is 19.8. The molecule has 9 nitrogen and oxygen atoms in total. The van der Waals surface area contributed by atoms with Crippen LogP contribution in [0.2, 0.25) is 0 Å². The molecule has 0 radical (unpaired) electrons. The Morgan fingerprint density at radius 1 is 1.14 bits per heavy atom. The van der Waals surface area contributed by atoms with Crippen LogP contribution in [0, 0.1) is 6.92 Å². The Labute approximate surface area is 245 Å². The zero-order valence-corrected chi connectivity index (χ0v) is 23.8. The van der Waals surface area contributed by atoms with E-state index in [4.69, 9.17) is 4.74 Å². The number of hydrogen-bond donors (Lipinski definition) is 2. The molecule has 0 aliphatic carbocycles. The molecule has 0 unspecified atom stereocenters. The summed E-state index contributed by atoms with van der Waals surface area (Å²) in [5, 5.41) is 6.57. The third-order valence-electron chi connectivity index (χ3n) is 7.34. The molecule has 1 saturated heterocycles. The third kappa shape index (κ3) is 5.07. The van der Waals surface area contributed by atoms with Gasteiger partial charge in [-0.1, -0.05) is 18.2 Å². The summed E-state index contributed by atoms with van der Waals surface area (Å²) >= 11 is 1.19. The highest BCUT2D eigenvalue weighted by Gasteiger charge is 2.34. The van der Waals surface area contributed by atoms with Crippen molar-refractivity contribution in [1.82, 2.24) is 15.2 Å². The summed E-state index contributed by atoms with van der Waals surface area (Å²) in [7, 11) is 0. The largest absolute Gasteiger partial charge is 0.457 e. The van der Waals surface area contributed by atoms with E-state index in [-0.39, 0.29) is 18.5 Å². The Balaban J connectivity index is 1.27. The average molecular weight is 586 g/mol. The molecule has 1 atom stereocenters. The molecule has 4 aromatic rings. The lowest BCUT2D eigenvalue weighted by Gasteiger charge is -2.33. The minimum atomic E-state index is -0.810. The van der Waals surface area contributed by atoms with Crippen LogP contribution in [0.3, 0.4) is 0 Å². The van der Waals surface area contributed by atoms with E-state index in [2.05, 4.69) is 15.6 Å². The van der Waals surface area contributed by atoms with Crippen molar-refractivity contribution in [1.29, 1.82) is 0 Å². The molecule has 2 N–H and O–H groups in total. The summed E-state index contributed by atoms with van der Waals surface area (Å²) in [6.45, 7) is 4.01. The molecule has 4 amide bonds. The Bertz CT molecular complexity index is 1740. The van der Waals surface area contributed by atoms with Gasteiger partial charge in [-0.25, -0.2) is 14.2 Å². The number of likely N-dealkylation sites (tertiary alicyclic amines) is 1. The van der Waals surface area contributed by atoms with Crippen molar-refractivity contribution in [2.24, 2.45) is 0 Å². The van der Waals surface area contributed by atoms with E-state index in [9.17, 15) is 18.8 Å². The second-order valence-electron chi connectivity index (χ2n) is 10.1. The zero-order chi connectivity index (χ0) is 29.4. The van der Waals surface area contributed by atoms with Crippen molar-refractivity contribution in [3.8, 4) is 11.5 Å². The Morgan fingerprint density at radius 2 is 1.95 bits per heavy atom. The molecule has 2 aliphatic heterocycles. The van der Waals surface area contributed by atoms with Gasteiger partial charge in [0.05, 0.1) is 22.4 Å². The molecule has 0 bridgehead atoms. The van der Waals surface area contributed by atoms with Crippen molar-refractivity contribution in [2.45, 2.75) is 32.7 Å². The maximum atomic E-state index is 13.9. The summed E-state index contributed by atoms with van der Waals surface area (Å²) in [4.78, 5) is 47.7. The predicted octanol–water partition coefficient (Wildman–Crippen LogP) is 6.67. The first-order valence-corrected chi connectivity index (χ1v) is 14.4. The summed E-state index contributed by atoms with van der Waals surface area (Å²) in [5.41, 5.74) is 2.52. The zero-order valence-electron chi connectivity index (χ0n) is 23.0. The lowest BCUT2D eigenvalue weighted by molar-refractivity contribution is -0.130. The number of para-hydroxylation sites is 1. The highest BCUT2D eigenvalue weighted by atomic mass is 32.1. The number of carbonyl (C=O) groups excluding carboxylic acids is 3. The second kappa shape index (κ2) is 11.2. The number of carbonyl (C=O) groups is 3. The molecule has 2 aliphatic rings. The van der Waals surface area contributed by atoms with Crippen molar-refractivity contribution < 1.29 is 23.5 Å². The number of amides is 4. The normalized spacial score (nSPS) is 16.8. The average Bonchev–Trinajstić information content (AvgIpc) is 3.37. The number of thiophene rings is 1. The van der Waals surface area contributed by atoms with Gasteiger partial charge in [0.25, 0.3) is 11.8 Å². The van der Waals surface area contributed by atoms with Crippen LogP contribution < -0.4 is 20.3 Å². The minimum absolute atomic E-state index is 0.207. The Morgan fingerprint density at radius 3 is 2.71 bits per heavy atom. The topological polar surface area (TPSA) is 104 Å². The highest BCUT2D eigenvalue weighted by molar-refractivity contribution is 7.21. The van der Waals surface area contributed by atoms with Crippen LogP contribution in [0.15, 0.2) is 72.7 Å². The van der Waals surface area contributed by atoms with Crippen LogP contribution in [-0.4, -0.2) is 46.9 Å². The third-order valence-corrected chi connectivity index (χ3v) is 8.44. The number of ether oxygens (including phenoxy) is 1. The van der Waals surface area contributed by atoms with Gasteiger partial charge < -0.3 is 20.3 Å². The number of urea groups is 1. The fourth-order valence-corrected chi connectivity index (χ4v) is 6.38. The predicted molar refractivity (Wildman–Crippen MR) is 160 cm³/mol. The molecule has 42 heavy (non-hydrogen) atoms. The molecular weight excluding hydrogens is 557 g/mol. The van der Waals surface area contributed by atoms with Crippen LogP contribution >= 0.6 is 11.3 Å². The molecule has 6 rings (SSSR count). The van der Waals surface area contributed by atoms with Gasteiger partial charge in [-0.15, -0.1) is 11.3 Å². The van der Waals surface area contributed by atoms with Gasteiger partial charge in [-0.3, -0.25) is 14.5 Å². The molecule has 1 fully saturated rings. The van der Waals surface area contributed by atoms with Crippen molar-refractivity contribution >= 4 is 56.5 Å². The number of hydrogen-bond acceptors (Lipinski definition) is 6. The number of benzene rings is 2. The van der Waals surface area contributed by atoms with Gasteiger partial charge in [0.15, 0.2) is 5.83 Å². The van der Waals surface area contributed by atoms with E-state index in [1.54, 1.807) is 17.2 Å². The summed E-state index contributed by atoms with van der Waals surface area (Å²) in [5.74, 6) is -0.509. The van der Waals surface area contributed by atoms with Crippen molar-refractivity contribution in [3.63, 3.8) is 0 Å². The number of allylic oxidation sites excluding steroid dienone is 1. The Kier molecular flexibility index (Phi) is 7.34. The number of halogens is 1. The molecule has 2 aromatic carbocycles. The quantitative estimate of drug-likeness (QED) is 0.246. The minimum Gasteiger partial charge on any atom is -0.457 e. The molecule has 4 heterocycles. The van der Waals surface area contributed by atoms with E-state index in [1.165, 1.54) is 23.2 Å². The number of piperidine rings is 1. The molecule has 2 aromatic heterocycles. The van der Waals surface area contributed by atoms with Crippen LogP contribution in [0.5, 0.6) is 11.5 Å². The lowest BCUT2D eigenvalue weighted by atomic mass is 10.0. The van der Waals surface area contributed by atoms with E-state index in [0.29, 0.717) is 63.0 Å². The smallest absolute Gasteiger partial charge is 0.331 e. The van der Waals surface area contributed by atoms with Crippen molar-refractivity contribution in [2.75, 3.05) is 23.3 Å². The van der Waals surface area contributed by atoms with Crippen LogP contribution in [-0.2, 0) is 4.79 Å². The molecule has 214 valence electrons. The van der Waals surface area contributed by atoms with Crippen LogP contribution in [0.1, 0.15) is 35.0 Å². The number of aromatic nitrogens is 1. The number of nitrogens with one attached hydrogen (secondary N) is 2. The summed E-state index contributed by atoms with van der Waals surface area (Å²) in [6.07, 6.45) is 4.05. The van der Waals surface area contributed by atoms with Crippen molar-refractivity contribution in [3.05, 3.63) is 83.1 Å². The van der Waals surface area contributed by atoms with Crippen LogP contribution in [0.4, 0.5) is 26.2 Å². The first-order chi connectivity index (χ1) is 20.3. The van der Waals surface area contributed by atoms with Gasteiger partial charge in [0, 0.05) is 25.3 Å². The fraction of sp³-hybridized carbons (Fsp3) is 0.226. The van der Waals surface area contributed by atoms with E-state index in [0.717, 1.165) is 11.6 Å². The maximum Gasteiger partial charge on any atom is 0.331 e. The van der Waals surface area contributed by atoms with E-state index in [1.807, 2.05) is 55.5 Å². The second-order valence-corrected chi connectivity index (χ2v) is 11.1. The number of pyridine rings is 1. The number of anilines is 3. The monoisotopic (exact) mass is 585 g/mol. The van der Waals surface area contributed by atoms with E-state index < -0.39 is 17.8 Å². The number of nitrogens with zero attached hydrogens (tertiary/aromatic N) is 3. The molecule has 11 heteroatoms. The highest BCUT2D eigenvalue weighted by Crippen LogP contribution is 2.46. The standard InChI is InChI=1S/C31H28FN5O4S/c1-3-22(32)30(39)36-15-7-8-19(17-36)34-28(38)27-26-25-24(13-14-33-29(25)42-27)37(31(40)35-26)23-12-11-21(16-18(23)2)41-20-9-5-4-6-10-20/h3-6,9-14,16,19H,7-8,15,17H2,1-2H3,(H,34,38)(H,35,40)/b22-3-/t19-/m1/s1. The number of rotatable bonds is 6. The number of aryl methyl sites for hydroxylation is 1. The van der Waals surface area contributed by atoms with Crippen LogP contribution in [0.25, 0.3) is 10.2 Å². The van der Waals surface area contributed by atoms with Gasteiger partial charge in [0.2, 0.25) is 0 Å². The molecule has 0 saturated carbocycles. The summed E-state index contributed by atoms with van der Waals surface area (Å²) in [6, 6.07) is 16.0. The van der Waals surface area contributed by atoms with Gasteiger partial charge >= 0.3 is 6.03 Å². The van der Waals surface area contributed by atoms with Gasteiger partial charge in [-0.05, 0) is 74.7 Å². The SMILES string of the molecule is C/C=C(\F)C(=O)N1CCC[C@@H](NC(=O)c2sc3nccc4c3c2NC(=O)N4c2ccc(Oc3ccccc3)cc2C)C1. The first-order valence-electron chi connectivity index (χ1n) is 13.6. The maximum absolute atomic E-state index is 13.9. The first kappa shape index (κ1) is 27.4. The molecular formula is C31H28FN5O4S.